The highest BCUT2D eigenvalue weighted by Crippen LogP contribution is 2.23. The molecule has 3 rings (SSSR count). The second-order valence-corrected chi connectivity index (χ2v) is 4.86. The van der Waals surface area contributed by atoms with Crippen LogP contribution in [0.25, 0.3) is 0 Å². The van der Waals surface area contributed by atoms with Crippen molar-refractivity contribution in [2.75, 3.05) is 5.32 Å². The molecule has 0 bridgehead atoms. The fraction of sp³-hybridized carbons (Fsp3) is 0.385. The van der Waals surface area contributed by atoms with Crippen LogP contribution in [-0.2, 0) is 6.54 Å². The van der Waals surface area contributed by atoms with Crippen molar-refractivity contribution in [1.82, 2.24) is 15.5 Å². The molecule has 5 nitrogen and oxygen atoms in total. The van der Waals surface area contributed by atoms with Crippen molar-refractivity contribution in [3.8, 4) is 0 Å². The van der Waals surface area contributed by atoms with Gasteiger partial charge in [0.25, 0.3) is 0 Å². The second-order valence-electron chi connectivity index (χ2n) is 4.86. The summed E-state index contributed by atoms with van der Waals surface area (Å²) >= 11 is 0. The minimum Gasteiger partial charge on any atom is -0.406 e. The molecule has 0 spiro atoms. The lowest BCUT2D eigenvalue weighted by Crippen LogP contribution is -2.15. The van der Waals surface area contributed by atoms with E-state index in [0.717, 1.165) is 25.0 Å². The maximum Gasteiger partial charge on any atom is 0.320 e. The molecule has 0 amide bonds. The Morgan fingerprint density at radius 3 is 2.80 bits per heavy atom. The summed E-state index contributed by atoms with van der Waals surface area (Å²) in [7, 11) is 0. The van der Waals surface area contributed by atoms with Gasteiger partial charge in [-0.3, -0.25) is 0 Å². The van der Waals surface area contributed by atoms with E-state index in [4.69, 9.17) is 4.42 Å². The zero-order chi connectivity index (χ0) is 14.1. The monoisotopic (exact) mass is 280 g/mol. The molecule has 1 aromatic heterocycles. The average Bonchev–Trinajstić information content (AvgIpc) is 3.14. The Morgan fingerprint density at radius 1 is 1.25 bits per heavy atom. The molecule has 1 aliphatic rings. The van der Waals surface area contributed by atoms with Gasteiger partial charge in [-0.05, 0) is 31.4 Å². The summed E-state index contributed by atoms with van der Waals surface area (Å²) in [5, 5.41) is 13.4. The lowest BCUT2D eigenvalue weighted by molar-refractivity contribution is 0.478. The molecule has 0 unspecified atom stereocenters. The first-order valence-corrected chi connectivity index (χ1v) is 6.40. The molecule has 1 aliphatic carbocycles. The van der Waals surface area contributed by atoms with Crippen molar-refractivity contribution in [3.05, 3.63) is 35.2 Å². The lowest BCUT2D eigenvalue weighted by atomic mass is 10.2. The number of hydrogen-bond donors (Lipinski definition) is 2. The van der Waals surface area contributed by atoms with E-state index >= 15 is 0 Å². The van der Waals surface area contributed by atoms with E-state index in [1.54, 1.807) is 0 Å². The van der Waals surface area contributed by atoms with Gasteiger partial charge in [-0.1, -0.05) is 5.10 Å². The van der Waals surface area contributed by atoms with Crippen LogP contribution in [0.15, 0.2) is 16.5 Å². The van der Waals surface area contributed by atoms with Gasteiger partial charge < -0.3 is 15.1 Å². The molecule has 0 radical (unpaired) electrons. The van der Waals surface area contributed by atoms with Gasteiger partial charge in [-0.15, -0.1) is 5.10 Å². The van der Waals surface area contributed by atoms with E-state index in [0.29, 0.717) is 18.5 Å². The number of benzene rings is 1. The van der Waals surface area contributed by atoms with E-state index in [1.807, 2.05) is 0 Å². The van der Waals surface area contributed by atoms with Crippen LogP contribution in [0.4, 0.5) is 20.5 Å². The molecule has 1 fully saturated rings. The van der Waals surface area contributed by atoms with E-state index in [1.165, 1.54) is 6.92 Å². The lowest BCUT2D eigenvalue weighted by Gasteiger charge is -2.05. The van der Waals surface area contributed by atoms with Crippen molar-refractivity contribution in [3.63, 3.8) is 0 Å². The first kappa shape index (κ1) is 13.0. The van der Waals surface area contributed by atoms with Gasteiger partial charge in [0.05, 0.1) is 12.2 Å². The molecule has 1 heterocycles. The number of halogens is 2. The third kappa shape index (κ3) is 2.93. The Hall–Kier alpha value is -2.02. The first-order valence-electron chi connectivity index (χ1n) is 6.40. The summed E-state index contributed by atoms with van der Waals surface area (Å²) in [6.45, 7) is 1.97. The minimum atomic E-state index is -0.570. The largest absolute Gasteiger partial charge is 0.406 e. The molecular weight excluding hydrogens is 266 g/mol. The zero-order valence-corrected chi connectivity index (χ0v) is 10.9. The van der Waals surface area contributed by atoms with Gasteiger partial charge in [-0.25, -0.2) is 8.78 Å². The minimum absolute atomic E-state index is 0.0292. The number of nitrogens with zero attached hydrogens (tertiary/aromatic N) is 2. The topological polar surface area (TPSA) is 63.0 Å². The van der Waals surface area contributed by atoms with Gasteiger partial charge in [-0.2, -0.15) is 0 Å². The maximum atomic E-state index is 13.7. The third-order valence-electron chi connectivity index (χ3n) is 3.08. The fourth-order valence-electron chi connectivity index (χ4n) is 1.75. The van der Waals surface area contributed by atoms with Gasteiger partial charge >= 0.3 is 6.01 Å². The van der Waals surface area contributed by atoms with Gasteiger partial charge in [0.15, 0.2) is 0 Å². The molecule has 0 aliphatic heterocycles. The van der Waals surface area contributed by atoms with Crippen molar-refractivity contribution in [1.29, 1.82) is 0 Å². The molecular formula is C13H14F2N4O. The van der Waals surface area contributed by atoms with Crippen LogP contribution in [0.1, 0.15) is 24.3 Å². The van der Waals surface area contributed by atoms with Crippen LogP contribution >= 0.6 is 0 Å². The summed E-state index contributed by atoms with van der Waals surface area (Å²) < 4.78 is 32.4. The maximum absolute atomic E-state index is 13.7. The Bertz CT molecular complexity index is 625. The average molecular weight is 280 g/mol. The molecule has 2 aromatic rings. The SMILES string of the molecule is Cc1cc(F)c(Nc2nnc(CNC3CC3)o2)cc1F. The van der Waals surface area contributed by atoms with Crippen LogP contribution in [0.3, 0.4) is 0 Å². The van der Waals surface area contributed by atoms with Gasteiger partial charge in [0.2, 0.25) is 5.89 Å². The second kappa shape index (κ2) is 5.16. The summed E-state index contributed by atoms with van der Waals surface area (Å²) in [6.07, 6.45) is 2.32. The predicted molar refractivity (Wildman–Crippen MR) is 68.5 cm³/mol. The molecule has 0 saturated heterocycles. The summed E-state index contributed by atoms with van der Waals surface area (Å²) in [5.41, 5.74) is 0.214. The van der Waals surface area contributed by atoms with Crippen LogP contribution in [0.5, 0.6) is 0 Å². The van der Waals surface area contributed by atoms with E-state index in [9.17, 15) is 8.78 Å². The van der Waals surface area contributed by atoms with Gasteiger partial charge in [0.1, 0.15) is 11.6 Å². The smallest absolute Gasteiger partial charge is 0.320 e. The molecule has 20 heavy (non-hydrogen) atoms. The molecule has 106 valence electrons. The molecule has 0 atom stereocenters. The third-order valence-corrected chi connectivity index (χ3v) is 3.08. The standard InChI is InChI=1S/C13H14F2N4O/c1-7-4-10(15)11(5-9(7)14)17-13-19-18-12(20-13)6-16-8-2-3-8/h4-5,8,16H,2-3,6H2,1H3,(H,17,19). The molecule has 1 aromatic carbocycles. The van der Waals surface area contributed by atoms with Crippen LogP contribution in [0, 0.1) is 18.6 Å². The molecule has 2 N–H and O–H groups in total. The summed E-state index contributed by atoms with van der Waals surface area (Å²) in [5.74, 6) is -0.656. The summed E-state index contributed by atoms with van der Waals surface area (Å²) in [6, 6.07) is 2.75. The highest BCUT2D eigenvalue weighted by atomic mass is 19.1. The Labute approximate surface area is 114 Å². The van der Waals surface area contributed by atoms with Gasteiger partial charge in [0, 0.05) is 12.1 Å². The Balaban J connectivity index is 1.69. The Kier molecular flexibility index (Phi) is 3.35. The number of anilines is 2. The Morgan fingerprint density at radius 2 is 2.05 bits per heavy atom. The first-order chi connectivity index (χ1) is 9.61. The highest BCUT2D eigenvalue weighted by Gasteiger charge is 2.21. The predicted octanol–water partition coefficient (Wildman–Crippen LogP) is 2.65. The van der Waals surface area contributed by atoms with E-state index < -0.39 is 11.6 Å². The number of rotatable bonds is 5. The van der Waals surface area contributed by atoms with Crippen molar-refractivity contribution in [2.24, 2.45) is 0 Å². The molecule has 1 saturated carbocycles. The van der Waals surface area contributed by atoms with Crippen molar-refractivity contribution < 1.29 is 13.2 Å². The zero-order valence-electron chi connectivity index (χ0n) is 10.9. The quantitative estimate of drug-likeness (QED) is 0.881. The van der Waals surface area contributed by atoms with Crippen LogP contribution < -0.4 is 10.6 Å². The van der Waals surface area contributed by atoms with Crippen LogP contribution in [0.2, 0.25) is 0 Å². The van der Waals surface area contributed by atoms with Crippen molar-refractivity contribution in [2.45, 2.75) is 32.4 Å². The van der Waals surface area contributed by atoms with E-state index in [2.05, 4.69) is 20.8 Å². The number of aryl methyl sites for hydroxylation is 1. The number of hydrogen-bond acceptors (Lipinski definition) is 5. The van der Waals surface area contributed by atoms with Crippen molar-refractivity contribution >= 4 is 11.7 Å². The normalized spacial score (nSPS) is 14.6. The highest BCUT2D eigenvalue weighted by molar-refractivity contribution is 5.53. The number of nitrogens with one attached hydrogen (secondary N) is 2. The molecule has 7 heteroatoms. The summed E-state index contributed by atoms with van der Waals surface area (Å²) in [4.78, 5) is 0. The van der Waals surface area contributed by atoms with E-state index in [-0.39, 0.29) is 17.3 Å². The fourth-order valence-corrected chi connectivity index (χ4v) is 1.75. The number of aromatic nitrogens is 2. The van der Waals surface area contributed by atoms with Crippen LogP contribution in [-0.4, -0.2) is 16.2 Å².